The molecule has 3 rings (SSSR count). The Bertz CT molecular complexity index is 704. The van der Waals surface area contributed by atoms with Crippen LogP contribution in [0.3, 0.4) is 0 Å². The van der Waals surface area contributed by atoms with E-state index in [9.17, 15) is 14.9 Å². The molecule has 1 atom stereocenters. The summed E-state index contributed by atoms with van der Waals surface area (Å²) in [6.45, 7) is 1.77. The molecule has 1 saturated heterocycles. The van der Waals surface area contributed by atoms with E-state index in [-0.39, 0.29) is 17.6 Å². The fourth-order valence-corrected chi connectivity index (χ4v) is 2.55. The van der Waals surface area contributed by atoms with Gasteiger partial charge in [-0.15, -0.1) is 0 Å². The Labute approximate surface area is 132 Å². The molecular weight excluding hydrogens is 298 g/mol. The highest BCUT2D eigenvalue weighted by Crippen LogP contribution is 2.15. The van der Waals surface area contributed by atoms with Gasteiger partial charge in [0.2, 0.25) is 0 Å². The van der Waals surface area contributed by atoms with E-state index in [1.807, 2.05) is 0 Å². The van der Waals surface area contributed by atoms with Gasteiger partial charge in [0.15, 0.2) is 0 Å². The van der Waals surface area contributed by atoms with Gasteiger partial charge in [0.05, 0.1) is 22.4 Å². The maximum Gasteiger partial charge on any atom is 0.269 e. The van der Waals surface area contributed by atoms with Gasteiger partial charge in [-0.1, -0.05) is 0 Å². The molecule has 8 heteroatoms. The summed E-state index contributed by atoms with van der Waals surface area (Å²) in [5.41, 5.74) is 1.14. The van der Waals surface area contributed by atoms with Gasteiger partial charge in [-0.2, -0.15) is 5.10 Å². The van der Waals surface area contributed by atoms with Crippen molar-refractivity contribution in [2.45, 2.75) is 18.9 Å². The van der Waals surface area contributed by atoms with Crippen LogP contribution in [-0.4, -0.2) is 39.7 Å². The van der Waals surface area contributed by atoms with Gasteiger partial charge in [0, 0.05) is 30.9 Å². The van der Waals surface area contributed by atoms with Crippen LogP contribution < -0.4 is 10.6 Å². The average molecular weight is 315 g/mol. The topological polar surface area (TPSA) is 102 Å². The first-order valence-corrected chi connectivity index (χ1v) is 7.44. The molecule has 2 heterocycles. The first-order chi connectivity index (χ1) is 11.1. The monoisotopic (exact) mass is 315 g/mol. The van der Waals surface area contributed by atoms with Crippen LogP contribution in [0.2, 0.25) is 0 Å². The largest absolute Gasteiger partial charge is 0.348 e. The summed E-state index contributed by atoms with van der Waals surface area (Å²) >= 11 is 0. The standard InChI is InChI=1S/C15H17N5O3/c21-15(18-12-2-1-7-16-9-12)11-8-17-19(10-11)13-3-5-14(6-4-13)20(22)23/h3-6,8,10,12,16H,1-2,7,9H2,(H,18,21)/t12-/m0/s1. The molecule has 2 aromatic rings. The Kier molecular flexibility index (Phi) is 4.33. The predicted octanol–water partition coefficient (Wildman–Crippen LogP) is 1.26. The first kappa shape index (κ1) is 15.2. The van der Waals surface area contributed by atoms with Crippen LogP contribution in [0.25, 0.3) is 5.69 Å². The number of carbonyl (C=O) groups is 1. The zero-order chi connectivity index (χ0) is 16.2. The number of amides is 1. The molecule has 0 aliphatic carbocycles. The van der Waals surface area contributed by atoms with Crippen molar-refractivity contribution in [3.05, 3.63) is 52.3 Å². The molecule has 1 aliphatic rings. The van der Waals surface area contributed by atoms with Crippen molar-refractivity contribution in [2.75, 3.05) is 13.1 Å². The second-order valence-electron chi connectivity index (χ2n) is 5.46. The number of nitro benzene ring substituents is 1. The van der Waals surface area contributed by atoms with E-state index in [2.05, 4.69) is 15.7 Å². The maximum atomic E-state index is 12.2. The minimum absolute atomic E-state index is 0.0173. The van der Waals surface area contributed by atoms with E-state index in [4.69, 9.17) is 0 Å². The fraction of sp³-hybridized carbons (Fsp3) is 0.333. The lowest BCUT2D eigenvalue weighted by Crippen LogP contribution is -2.45. The molecule has 8 nitrogen and oxygen atoms in total. The predicted molar refractivity (Wildman–Crippen MR) is 83.6 cm³/mol. The number of nitrogens with one attached hydrogen (secondary N) is 2. The third-order valence-electron chi connectivity index (χ3n) is 3.80. The fourth-order valence-electron chi connectivity index (χ4n) is 2.55. The number of hydrogen-bond donors (Lipinski definition) is 2. The number of rotatable bonds is 4. The quantitative estimate of drug-likeness (QED) is 0.653. The molecule has 1 fully saturated rings. The van der Waals surface area contributed by atoms with E-state index in [1.165, 1.54) is 23.0 Å². The summed E-state index contributed by atoms with van der Waals surface area (Å²) < 4.78 is 1.53. The summed E-state index contributed by atoms with van der Waals surface area (Å²) in [5, 5.41) is 21.0. The lowest BCUT2D eigenvalue weighted by atomic mass is 10.1. The number of carbonyl (C=O) groups excluding carboxylic acids is 1. The number of non-ortho nitro benzene ring substituents is 1. The number of hydrogen-bond acceptors (Lipinski definition) is 5. The summed E-state index contributed by atoms with van der Waals surface area (Å²) in [6, 6.07) is 6.14. The van der Waals surface area contributed by atoms with Gasteiger partial charge in [-0.05, 0) is 31.5 Å². The van der Waals surface area contributed by atoms with E-state index in [0.29, 0.717) is 11.3 Å². The van der Waals surface area contributed by atoms with Crippen molar-refractivity contribution in [1.29, 1.82) is 0 Å². The van der Waals surface area contributed by atoms with Crippen LogP contribution >= 0.6 is 0 Å². The van der Waals surface area contributed by atoms with Gasteiger partial charge in [-0.3, -0.25) is 14.9 Å². The zero-order valence-electron chi connectivity index (χ0n) is 12.4. The average Bonchev–Trinajstić information content (AvgIpc) is 3.06. The minimum atomic E-state index is -0.454. The second-order valence-corrected chi connectivity index (χ2v) is 5.46. The van der Waals surface area contributed by atoms with Crippen LogP contribution in [0, 0.1) is 10.1 Å². The molecule has 23 heavy (non-hydrogen) atoms. The number of nitro groups is 1. The molecule has 0 unspecified atom stereocenters. The Morgan fingerprint density at radius 2 is 2.17 bits per heavy atom. The Morgan fingerprint density at radius 3 is 2.83 bits per heavy atom. The highest BCUT2D eigenvalue weighted by atomic mass is 16.6. The molecular formula is C15H17N5O3. The van der Waals surface area contributed by atoms with Gasteiger partial charge in [-0.25, -0.2) is 4.68 Å². The van der Waals surface area contributed by atoms with Crippen LogP contribution in [0.4, 0.5) is 5.69 Å². The van der Waals surface area contributed by atoms with Crippen molar-refractivity contribution >= 4 is 11.6 Å². The molecule has 0 spiro atoms. The van der Waals surface area contributed by atoms with Crippen molar-refractivity contribution in [3.63, 3.8) is 0 Å². The smallest absolute Gasteiger partial charge is 0.269 e. The summed E-state index contributed by atoms with van der Waals surface area (Å²) in [5.74, 6) is -0.160. The Balaban J connectivity index is 1.69. The van der Waals surface area contributed by atoms with E-state index in [0.717, 1.165) is 25.9 Å². The maximum absolute atomic E-state index is 12.2. The summed E-state index contributed by atoms with van der Waals surface area (Å²) in [7, 11) is 0. The zero-order valence-corrected chi connectivity index (χ0v) is 12.4. The minimum Gasteiger partial charge on any atom is -0.348 e. The van der Waals surface area contributed by atoms with Crippen LogP contribution in [-0.2, 0) is 0 Å². The Morgan fingerprint density at radius 1 is 1.39 bits per heavy atom. The van der Waals surface area contributed by atoms with Crippen molar-refractivity contribution in [3.8, 4) is 5.69 Å². The normalized spacial score (nSPS) is 17.7. The molecule has 1 aliphatic heterocycles. The highest BCUT2D eigenvalue weighted by molar-refractivity contribution is 5.94. The molecule has 1 aromatic heterocycles. The van der Waals surface area contributed by atoms with Crippen molar-refractivity contribution < 1.29 is 9.72 Å². The summed E-state index contributed by atoms with van der Waals surface area (Å²) in [4.78, 5) is 22.4. The highest BCUT2D eigenvalue weighted by Gasteiger charge is 2.17. The Hall–Kier alpha value is -2.74. The molecule has 0 saturated carbocycles. The van der Waals surface area contributed by atoms with Crippen LogP contribution in [0.15, 0.2) is 36.7 Å². The first-order valence-electron chi connectivity index (χ1n) is 7.44. The molecule has 0 radical (unpaired) electrons. The molecule has 2 N–H and O–H groups in total. The van der Waals surface area contributed by atoms with Gasteiger partial charge >= 0.3 is 0 Å². The van der Waals surface area contributed by atoms with E-state index in [1.54, 1.807) is 18.3 Å². The summed E-state index contributed by atoms with van der Waals surface area (Å²) in [6.07, 6.45) is 5.13. The molecule has 1 amide bonds. The van der Waals surface area contributed by atoms with Crippen LogP contribution in [0.5, 0.6) is 0 Å². The number of piperidine rings is 1. The second kappa shape index (κ2) is 6.57. The molecule has 0 bridgehead atoms. The van der Waals surface area contributed by atoms with Gasteiger partial charge in [0.1, 0.15) is 0 Å². The van der Waals surface area contributed by atoms with Gasteiger partial charge < -0.3 is 10.6 Å². The van der Waals surface area contributed by atoms with Crippen LogP contribution in [0.1, 0.15) is 23.2 Å². The number of benzene rings is 1. The van der Waals surface area contributed by atoms with Crippen molar-refractivity contribution in [1.82, 2.24) is 20.4 Å². The third kappa shape index (κ3) is 3.54. The van der Waals surface area contributed by atoms with Gasteiger partial charge in [0.25, 0.3) is 11.6 Å². The van der Waals surface area contributed by atoms with E-state index < -0.39 is 4.92 Å². The number of nitrogens with zero attached hydrogens (tertiary/aromatic N) is 3. The molecule has 1 aromatic carbocycles. The third-order valence-corrected chi connectivity index (χ3v) is 3.80. The van der Waals surface area contributed by atoms with E-state index >= 15 is 0 Å². The lowest BCUT2D eigenvalue weighted by Gasteiger charge is -2.23. The van der Waals surface area contributed by atoms with Crippen molar-refractivity contribution in [2.24, 2.45) is 0 Å². The number of aromatic nitrogens is 2. The molecule has 120 valence electrons. The SMILES string of the molecule is O=C(N[C@H]1CCCNC1)c1cnn(-c2ccc([N+](=O)[O-])cc2)c1. The lowest BCUT2D eigenvalue weighted by molar-refractivity contribution is -0.384.